The number of rotatable bonds is 9. The number of hydrogen-bond acceptors (Lipinski definition) is 8. The van der Waals surface area contributed by atoms with E-state index in [0.717, 1.165) is 0 Å². The lowest BCUT2D eigenvalue weighted by Crippen LogP contribution is -2.54. The number of nitrogens with one attached hydrogen (secondary N) is 4. The fourth-order valence-electron chi connectivity index (χ4n) is 4.35. The van der Waals surface area contributed by atoms with Crippen molar-refractivity contribution in [3.63, 3.8) is 0 Å². The molecule has 3 atom stereocenters. The molecule has 2 aromatic carbocycles. The molecule has 2 heterocycles. The van der Waals surface area contributed by atoms with Crippen molar-refractivity contribution in [2.45, 2.75) is 31.5 Å². The summed E-state index contributed by atoms with van der Waals surface area (Å²) in [7, 11) is 0. The van der Waals surface area contributed by atoms with Gasteiger partial charge in [-0.25, -0.2) is 14.6 Å². The zero-order chi connectivity index (χ0) is 28.1. The third kappa shape index (κ3) is 6.04. The van der Waals surface area contributed by atoms with Gasteiger partial charge in [0.25, 0.3) is 5.91 Å². The van der Waals surface area contributed by atoms with E-state index in [1.54, 1.807) is 55.5 Å². The maximum absolute atomic E-state index is 12.9. The molecule has 0 saturated carbocycles. The lowest BCUT2D eigenvalue weighted by atomic mass is 10.0. The Bertz CT molecular complexity index is 1330. The van der Waals surface area contributed by atoms with Crippen molar-refractivity contribution in [3.05, 3.63) is 59.7 Å². The van der Waals surface area contributed by atoms with Crippen molar-refractivity contribution >= 4 is 46.7 Å². The van der Waals surface area contributed by atoms with Crippen LogP contribution in [0.4, 0.5) is 16.2 Å². The van der Waals surface area contributed by atoms with E-state index in [1.807, 2.05) is 0 Å². The van der Waals surface area contributed by atoms with Gasteiger partial charge in [0.2, 0.25) is 5.91 Å². The van der Waals surface area contributed by atoms with E-state index >= 15 is 0 Å². The van der Waals surface area contributed by atoms with Crippen LogP contribution in [-0.2, 0) is 19.1 Å². The van der Waals surface area contributed by atoms with Gasteiger partial charge in [0.15, 0.2) is 0 Å². The van der Waals surface area contributed by atoms with E-state index in [-0.39, 0.29) is 30.6 Å². The number of nitrogens with zero attached hydrogens (tertiary/aromatic N) is 2. The third-order valence-electron chi connectivity index (χ3n) is 6.38. The molecule has 204 valence electrons. The zero-order valence-corrected chi connectivity index (χ0v) is 21.3. The van der Waals surface area contributed by atoms with Crippen LogP contribution in [0.5, 0.6) is 0 Å². The van der Waals surface area contributed by atoms with Gasteiger partial charge in [-0.1, -0.05) is 18.2 Å². The van der Waals surface area contributed by atoms with Crippen LogP contribution < -0.4 is 32.3 Å². The summed E-state index contributed by atoms with van der Waals surface area (Å²) < 4.78 is 5.05. The number of nitrogen functional groups attached to an aromatic ring is 1. The maximum atomic E-state index is 12.9. The monoisotopic (exact) mass is 534 g/mol. The van der Waals surface area contributed by atoms with E-state index in [2.05, 4.69) is 20.9 Å². The molecule has 0 aliphatic carbocycles. The lowest BCUT2D eigenvalue weighted by molar-refractivity contribution is -0.146. The molecular weight excluding hydrogens is 504 g/mol. The number of ether oxygens (including phenoxy) is 1. The van der Waals surface area contributed by atoms with Crippen LogP contribution >= 0.6 is 0 Å². The van der Waals surface area contributed by atoms with Crippen molar-refractivity contribution in [2.24, 2.45) is 16.5 Å². The predicted molar refractivity (Wildman–Crippen MR) is 144 cm³/mol. The molecule has 2 aliphatic heterocycles. The van der Waals surface area contributed by atoms with Gasteiger partial charge in [-0.15, -0.1) is 0 Å². The topological polar surface area (TPSA) is 205 Å². The van der Waals surface area contributed by atoms with Gasteiger partial charge < -0.3 is 37.1 Å². The van der Waals surface area contributed by atoms with Gasteiger partial charge in [-0.2, -0.15) is 0 Å². The molecule has 2 aromatic rings. The molecule has 8 N–H and O–H groups in total. The number of nitrogens with two attached hydrogens (primary N) is 2. The van der Waals surface area contributed by atoms with E-state index in [0.29, 0.717) is 35.5 Å². The smallest absolute Gasteiger partial charge is 0.330 e. The van der Waals surface area contributed by atoms with E-state index in [4.69, 9.17) is 21.6 Å². The Labute approximate surface area is 224 Å². The summed E-state index contributed by atoms with van der Waals surface area (Å²) in [6, 6.07) is 10.3. The minimum absolute atomic E-state index is 0.0444. The summed E-state index contributed by atoms with van der Waals surface area (Å²) in [6.45, 7) is 1.79. The molecule has 4 amide bonds. The van der Waals surface area contributed by atoms with Gasteiger partial charge >= 0.3 is 12.0 Å². The Morgan fingerprint density at radius 1 is 1.18 bits per heavy atom. The number of urea groups is 1. The SMILES string of the molecule is CCOC(=O)C(CNC(=O)NC1CCN(c2ccc(C(=N)N)cc2)C1=O)NC(=O)C1=Nc2ccccc2C1N. The summed E-state index contributed by atoms with van der Waals surface area (Å²) in [5.74, 6) is -1.78. The maximum Gasteiger partial charge on any atom is 0.330 e. The fraction of sp³-hybridized carbons (Fsp3) is 0.308. The standard InChI is InChI=1S/C26H30N8O5/c1-2-39-25(37)19(32-23(35)21-20(27)16-5-3-4-6-17(16)31-21)13-30-26(38)33-18-11-12-34(24(18)36)15-9-7-14(8-10-15)22(28)29/h3-10,18-20H,2,11-13,27H2,1H3,(H3,28,29)(H,32,35)(H2,30,33,38). The highest BCUT2D eigenvalue weighted by atomic mass is 16.5. The van der Waals surface area contributed by atoms with Gasteiger partial charge in [-0.3, -0.25) is 15.0 Å². The molecule has 0 bridgehead atoms. The summed E-state index contributed by atoms with van der Waals surface area (Å²) in [6.07, 6.45) is 0.372. The van der Waals surface area contributed by atoms with Crippen LogP contribution in [0, 0.1) is 5.41 Å². The number of esters is 1. The van der Waals surface area contributed by atoms with Crippen LogP contribution in [0.1, 0.15) is 30.5 Å². The molecule has 1 saturated heterocycles. The largest absolute Gasteiger partial charge is 0.464 e. The molecule has 2 aliphatic rings. The molecule has 0 aromatic heterocycles. The third-order valence-corrected chi connectivity index (χ3v) is 6.38. The van der Waals surface area contributed by atoms with Gasteiger partial charge in [0, 0.05) is 23.4 Å². The van der Waals surface area contributed by atoms with Crippen molar-refractivity contribution in [3.8, 4) is 0 Å². The van der Waals surface area contributed by atoms with Crippen molar-refractivity contribution < 1.29 is 23.9 Å². The molecule has 4 rings (SSSR count). The van der Waals surface area contributed by atoms with Crippen LogP contribution in [0.25, 0.3) is 0 Å². The second-order valence-corrected chi connectivity index (χ2v) is 8.96. The molecule has 0 spiro atoms. The number of amidine groups is 1. The normalized spacial score (nSPS) is 18.6. The Kier molecular flexibility index (Phi) is 8.20. The molecule has 13 nitrogen and oxygen atoms in total. The van der Waals surface area contributed by atoms with E-state index in [1.165, 1.54) is 4.90 Å². The number of hydrogen-bond donors (Lipinski definition) is 6. The minimum atomic E-state index is -1.21. The summed E-state index contributed by atoms with van der Waals surface area (Å²) in [4.78, 5) is 56.7. The first-order chi connectivity index (χ1) is 18.7. The molecule has 39 heavy (non-hydrogen) atoms. The zero-order valence-electron chi connectivity index (χ0n) is 21.3. The molecular formula is C26H30N8O5. The average molecular weight is 535 g/mol. The summed E-state index contributed by atoms with van der Waals surface area (Å²) >= 11 is 0. The molecule has 0 radical (unpaired) electrons. The Morgan fingerprint density at radius 3 is 2.56 bits per heavy atom. The van der Waals surface area contributed by atoms with Crippen molar-refractivity contribution in [2.75, 3.05) is 24.6 Å². The molecule has 1 fully saturated rings. The molecule has 3 unspecified atom stereocenters. The first kappa shape index (κ1) is 27.3. The first-order valence-electron chi connectivity index (χ1n) is 12.4. The number of benzene rings is 2. The lowest BCUT2D eigenvalue weighted by Gasteiger charge is -2.20. The number of carbonyl (C=O) groups is 4. The average Bonchev–Trinajstić information content (AvgIpc) is 3.46. The number of aliphatic imine (C=N–C) groups is 1. The van der Waals surface area contributed by atoms with E-state index in [9.17, 15) is 19.2 Å². The number of carbonyl (C=O) groups excluding carboxylic acids is 4. The van der Waals surface area contributed by atoms with Crippen LogP contribution in [-0.4, -0.2) is 67.1 Å². The summed E-state index contributed by atoms with van der Waals surface area (Å²) in [5, 5.41) is 15.2. The quantitative estimate of drug-likeness (QED) is 0.150. The van der Waals surface area contributed by atoms with Crippen LogP contribution in [0.3, 0.4) is 0 Å². The summed E-state index contributed by atoms with van der Waals surface area (Å²) in [5.41, 5.74) is 14.1. The minimum Gasteiger partial charge on any atom is -0.464 e. The van der Waals surface area contributed by atoms with Gasteiger partial charge in [0.05, 0.1) is 24.9 Å². The number of para-hydroxylation sites is 1. The fourth-order valence-corrected chi connectivity index (χ4v) is 4.35. The number of amides is 4. The number of anilines is 1. The van der Waals surface area contributed by atoms with Crippen LogP contribution in [0.15, 0.2) is 53.5 Å². The van der Waals surface area contributed by atoms with Gasteiger partial charge in [-0.05, 0) is 43.7 Å². The Morgan fingerprint density at radius 2 is 1.90 bits per heavy atom. The first-order valence-corrected chi connectivity index (χ1v) is 12.4. The number of fused-ring (bicyclic) bond motifs is 1. The second-order valence-electron chi connectivity index (χ2n) is 8.96. The Balaban J connectivity index is 1.33. The van der Waals surface area contributed by atoms with Crippen molar-refractivity contribution in [1.82, 2.24) is 16.0 Å². The highest BCUT2D eigenvalue weighted by Gasteiger charge is 2.35. The van der Waals surface area contributed by atoms with Crippen molar-refractivity contribution in [1.29, 1.82) is 5.41 Å². The van der Waals surface area contributed by atoms with Crippen LogP contribution in [0.2, 0.25) is 0 Å². The predicted octanol–water partition coefficient (Wildman–Crippen LogP) is 0.209. The van der Waals surface area contributed by atoms with Gasteiger partial charge in [0.1, 0.15) is 23.6 Å². The second kappa shape index (κ2) is 11.7. The molecule has 13 heteroatoms. The van der Waals surface area contributed by atoms with E-state index < -0.39 is 36.0 Å². The highest BCUT2D eigenvalue weighted by molar-refractivity contribution is 6.42. The Hall–Kier alpha value is -4.78. The highest BCUT2D eigenvalue weighted by Crippen LogP contribution is 2.32.